The average molecular weight is 399 g/mol. The van der Waals surface area contributed by atoms with Crippen molar-refractivity contribution in [1.29, 1.82) is 0 Å². The Labute approximate surface area is 167 Å². The zero-order valence-electron chi connectivity index (χ0n) is 15.7. The summed E-state index contributed by atoms with van der Waals surface area (Å²) in [5, 5.41) is 2.63. The summed E-state index contributed by atoms with van der Waals surface area (Å²) in [5.74, 6) is -0.928. The Kier molecular flexibility index (Phi) is 5.51. The van der Waals surface area contributed by atoms with Crippen molar-refractivity contribution in [3.8, 4) is 5.75 Å². The first-order valence-corrected chi connectivity index (χ1v) is 9.10. The molecule has 1 N–H and O–H groups in total. The number of nitrogens with one attached hydrogen (secondary N) is 1. The molecule has 1 heterocycles. The minimum Gasteiger partial charge on any atom is -0.494 e. The van der Waals surface area contributed by atoms with Gasteiger partial charge in [-0.2, -0.15) is 0 Å². The highest BCUT2D eigenvalue weighted by Crippen LogP contribution is 2.28. The number of halogens is 1. The highest BCUT2D eigenvalue weighted by Gasteiger charge is 2.37. The third-order valence-corrected chi connectivity index (χ3v) is 4.65. The standard InChI is InChI=1S/C21H19ClN2O4/c1-4-28-16-9-14(8-15(22)11-16)10-17-19(25)23-21(27)24(20(17)26)18-7-5-6-12(2)13(18)3/h5-11H,4H2,1-3H3,(H,23,25,27)/b17-10+. The maximum absolute atomic E-state index is 13.0. The Hall–Kier alpha value is -3.12. The van der Waals surface area contributed by atoms with E-state index in [2.05, 4.69) is 5.32 Å². The van der Waals surface area contributed by atoms with Gasteiger partial charge in [0, 0.05) is 5.02 Å². The number of benzene rings is 2. The van der Waals surface area contributed by atoms with Crippen LogP contribution in [0.3, 0.4) is 0 Å². The van der Waals surface area contributed by atoms with Crippen LogP contribution in [0.25, 0.3) is 6.08 Å². The van der Waals surface area contributed by atoms with Crippen molar-refractivity contribution in [2.45, 2.75) is 20.8 Å². The van der Waals surface area contributed by atoms with Crippen LogP contribution >= 0.6 is 11.6 Å². The van der Waals surface area contributed by atoms with E-state index in [1.54, 1.807) is 30.3 Å². The summed E-state index contributed by atoms with van der Waals surface area (Å²) in [5.41, 5.74) is 2.50. The van der Waals surface area contributed by atoms with Crippen LogP contribution in [0.4, 0.5) is 10.5 Å². The van der Waals surface area contributed by atoms with Gasteiger partial charge in [0.15, 0.2) is 0 Å². The third kappa shape index (κ3) is 3.77. The molecule has 0 unspecified atom stereocenters. The van der Waals surface area contributed by atoms with Gasteiger partial charge < -0.3 is 4.74 Å². The number of hydrogen-bond acceptors (Lipinski definition) is 4. The van der Waals surface area contributed by atoms with E-state index in [9.17, 15) is 14.4 Å². The number of aryl methyl sites for hydroxylation is 1. The highest BCUT2D eigenvalue weighted by atomic mass is 35.5. The van der Waals surface area contributed by atoms with Crippen LogP contribution in [-0.2, 0) is 9.59 Å². The SMILES string of the molecule is CCOc1cc(Cl)cc(/C=C2\C(=O)NC(=O)N(c3cccc(C)c3C)C2=O)c1. The van der Waals surface area contributed by atoms with Crippen molar-refractivity contribution in [1.82, 2.24) is 5.32 Å². The molecular weight excluding hydrogens is 380 g/mol. The molecule has 7 heteroatoms. The van der Waals surface area contributed by atoms with E-state index in [-0.39, 0.29) is 5.57 Å². The molecule has 6 nitrogen and oxygen atoms in total. The first-order chi connectivity index (χ1) is 13.3. The number of barbiturate groups is 1. The number of urea groups is 1. The lowest BCUT2D eigenvalue weighted by molar-refractivity contribution is -0.122. The van der Waals surface area contributed by atoms with Crippen molar-refractivity contribution < 1.29 is 19.1 Å². The van der Waals surface area contributed by atoms with E-state index in [1.807, 2.05) is 26.8 Å². The van der Waals surface area contributed by atoms with Crippen LogP contribution in [0.1, 0.15) is 23.6 Å². The van der Waals surface area contributed by atoms with Crippen molar-refractivity contribution >= 4 is 41.2 Å². The van der Waals surface area contributed by atoms with Crippen LogP contribution in [0.2, 0.25) is 5.02 Å². The summed E-state index contributed by atoms with van der Waals surface area (Å²) in [6.07, 6.45) is 1.40. The molecule has 0 aliphatic carbocycles. The van der Waals surface area contributed by atoms with E-state index in [0.29, 0.717) is 28.6 Å². The highest BCUT2D eigenvalue weighted by molar-refractivity contribution is 6.39. The Morgan fingerprint density at radius 2 is 1.89 bits per heavy atom. The number of rotatable bonds is 4. The topological polar surface area (TPSA) is 75.7 Å². The largest absolute Gasteiger partial charge is 0.494 e. The van der Waals surface area contributed by atoms with Gasteiger partial charge in [-0.25, -0.2) is 9.69 Å². The fourth-order valence-corrected chi connectivity index (χ4v) is 3.17. The van der Waals surface area contributed by atoms with E-state index >= 15 is 0 Å². The molecule has 0 radical (unpaired) electrons. The third-order valence-electron chi connectivity index (χ3n) is 4.43. The Bertz CT molecular complexity index is 1010. The molecule has 4 amide bonds. The Morgan fingerprint density at radius 1 is 1.14 bits per heavy atom. The second-order valence-corrected chi connectivity index (χ2v) is 6.77. The number of ether oxygens (including phenoxy) is 1. The molecule has 1 saturated heterocycles. The zero-order valence-corrected chi connectivity index (χ0v) is 16.5. The van der Waals surface area contributed by atoms with Crippen molar-refractivity contribution in [3.05, 3.63) is 63.7 Å². The second-order valence-electron chi connectivity index (χ2n) is 6.33. The van der Waals surface area contributed by atoms with Gasteiger partial charge in [0.05, 0.1) is 12.3 Å². The first-order valence-electron chi connectivity index (χ1n) is 8.73. The fourth-order valence-electron chi connectivity index (χ4n) is 2.94. The van der Waals surface area contributed by atoms with Gasteiger partial charge >= 0.3 is 6.03 Å². The van der Waals surface area contributed by atoms with Gasteiger partial charge in [0.1, 0.15) is 11.3 Å². The quantitative estimate of drug-likeness (QED) is 0.623. The lowest BCUT2D eigenvalue weighted by Gasteiger charge is -2.28. The molecule has 2 aromatic rings. The molecular formula is C21H19ClN2O4. The number of amides is 4. The molecule has 0 atom stereocenters. The molecule has 3 rings (SSSR count). The van der Waals surface area contributed by atoms with Crippen molar-refractivity contribution in [3.63, 3.8) is 0 Å². The lowest BCUT2D eigenvalue weighted by atomic mass is 10.0. The predicted octanol–water partition coefficient (Wildman–Crippen LogP) is 4.02. The smallest absolute Gasteiger partial charge is 0.335 e. The number of imide groups is 2. The maximum Gasteiger partial charge on any atom is 0.335 e. The number of anilines is 1. The average Bonchev–Trinajstić information content (AvgIpc) is 2.62. The summed E-state index contributed by atoms with van der Waals surface area (Å²) in [6.45, 7) is 5.99. The number of carbonyl (C=O) groups is 3. The molecule has 1 fully saturated rings. The normalized spacial score (nSPS) is 15.8. The molecule has 0 bridgehead atoms. The summed E-state index contributed by atoms with van der Waals surface area (Å²) in [7, 11) is 0. The summed E-state index contributed by atoms with van der Waals surface area (Å²) in [4.78, 5) is 38.7. The minimum absolute atomic E-state index is 0.162. The van der Waals surface area contributed by atoms with Gasteiger partial charge in [0.25, 0.3) is 11.8 Å². The minimum atomic E-state index is -0.776. The maximum atomic E-state index is 13.0. The molecule has 1 aliphatic rings. The van der Waals surface area contributed by atoms with E-state index in [4.69, 9.17) is 16.3 Å². The Morgan fingerprint density at radius 3 is 2.61 bits per heavy atom. The van der Waals surface area contributed by atoms with Gasteiger partial charge in [-0.15, -0.1) is 0 Å². The van der Waals surface area contributed by atoms with Crippen LogP contribution in [0, 0.1) is 13.8 Å². The number of hydrogen-bond donors (Lipinski definition) is 1. The van der Waals surface area contributed by atoms with Crippen molar-refractivity contribution in [2.24, 2.45) is 0 Å². The second kappa shape index (κ2) is 7.86. The van der Waals surface area contributed by atoms with Crippen LogP contribution in [0.15, 0.2) is 42.0 Å². The summed E-state index contributed by atoms with van der Waals surface area (Å²) < 4.78 is 5.44. The van der Waals surface area contributed by atoms with Crippen LogP contribution in [0.5, 0.6) is 5.75 Å². The summed E-state index contributed by atoms with van der Waals surface area (Å²) >= 11 is 6.10. The molecule has 1 aliphatic heterocycles. The molecule has 0 saturated carbocycles. The summed E-state index contributed by atoms with van der Waals surface area (Å²) in [6, 6.07) is 9.44. The molecule has 144 valence electrons. The van der Waals surface area contributed by atoms with Gasteiger partial charge in [-0.3, -0.25) is 14.9 Å². The first kappa shape index (κ1) is 19.6. The van der Waals surface area contributed by atoms with Gasteiger partial charge in [-0.05, 0) is 67.8 Å². The molecule has 2 aromatic carbocycles. The lowest BCUT2D eigenvalue weighted by Crippen LogP contribution is -2.54. The zero-order chi connectivity index (χ0) is 20.4. The van der Waals surface area contributed by atoms with E-state index in [0.717, 1.165) is 16.0 Å². The predicted molar refractivity (Wildman–Crippen MR) is 108 cm³/mol. The number of carbonyl (C=O) groups excluding carboxylic acids is 3. The van der Waals surface area contributed by atoms with Crippen LogP contribution in [-0.4, -0.2) is 24.5 Å². The van der Waals surface area contributed by atoms with Gasteiger partial charge in [-0.1, -0.05) is 23.7 Å². The molecule has 0 aromatic heterocycles. The molecule has 0 spiro atoms. The van der Waals surface area contributed by atoms with E-state index < -0.39 is 17.8 Å². The van der Waals surface area contributed by atoms with Crippen molar-refractivity contribution in [2.75, 3.05) is 11.5 Å². The Balaban J connectivity index is 2.05. The number of nitrogens with zero attached hydrogens (tertiary/aromatic N) is 1. The van der Waals surface area contributed by atoms with Crippen LogP contribution < -0.4 is 15.0 Å². The van der Waals surface area contributed by atoms with Gasteiger partial charge in [0.2, 0.25) is 0 Å². The monoisotopic (exact) mass is 398 g/mol. The fraction of sp³-hybridized carbons (Fsp3) is 0.190. The van der Waals surface area contributed by atoms with E-state index in [1.165, 1.54) is 6.08 Å². The molecule has 28 heavy (non-hydrogen) atoms.